The average Bonchev–Trinajstić information content (AvgIpc) is 3.12. The quantitative estimate of drug-likeness (QED) is 0.689. The summed E-state index contributed by atoms with van der Waals surface area (Å²) < 4.78 is 5.55. The molecule has 0 spiro atoms. The minimum absolute atomic E-state index is 0.0537. The first-order valence-corrected chi connectivity index (χ1v) is 9.30. The maximum Gasteiger partial charge on any atom is 0.258 e. The lowest BCUT2D eigenvalue weighted by molar-refractivity contribution is -0.123. The second-order valence-corrected chi connectivity index (χ2v) is 7.05. The Morgan fingerprint density at radius 1 is 1.23 bits per heavy atom. The van der Waals surface area contributed by atoms with E-state index in [0.29, 0.717) is 12.3 Å². The topological polar surface area (TPSA) is 64.1 Å². The number of hydrogen-bond acceptors (Lipinski definition) is 5. The number of nitrogens with zero attached hydrogens (tertiary/aromatic N) is 2. The normalized spacial score (nSPS) is 10.6. The second kappa shape index (κ2) is 8.29. The van der Waals surface area contributed by atoms with Crippen molar-refractivity contribution < 1.29 is 9.53 Å². The molecule has 0 saturated heterocycles. The Balaban J connectivity index is 1.51. The molecule has 7 heteroatoms. The molecule has 134 valence electrons. The molecule has 0 radical (unpaired) electrons. The number of rotatable bonds is 6. The lowest BCUT2D eigenvalue weighted by Crippen LogP contribution is -2.28. The van der Waals surface area contributed by atoms with Gasteiger partial charge in [0.2, 0.25) is 0 Å². The van der Waals surface area contributed by atoms with Gasteiger partial charge in [0.25, 0.3) is 5.91 Å². The van der Waals surface area contributed by atoms with Gasteiger partial charge in [0, 0.05) is 28.4 Å². The summed E-state index contributed by atoms with van der Waals surface area (Å²) in [4.78, 5) is 20.5. The molecule has 26 heavy (non-hydrogen) atoms. The number of carbonyl (C=O) groups excluding carboxylic acids is 1. The van der Waals surface area contributed by atoms with Crippen LogP contribution in [-0.2, 0) is 11.3 Å². The van der Waals surface area contributed by atoms with Crippen molar-refractivity contribution in [2.45, 2.75) is 20.4 Å². The van der Waals surface area contributed by atoms with Crippen LogP contribution < -0.4 is 10.1 Å². The van der Waals surface area contributed by atoms with Gasteiger partial charge in [0.05, 0.1) is 12.2 Å². The zero-order chi connectivity index (χ0) is 18.5. The third-order valence-corrected chi connectivity index (χ3v) is 5.26. The van der Waals surface area contributed by atoms with Gasteiger partial charge >= 0.3 is 0 Å². The van der Waals surface area contributed by atoms with Crippen molar-refractivity contribution in [2.75, 3.05) is 6.61 Å². The van der Waals surface area contributed by atoms with Gasteiger partial charge in [-0.3, -0.25) is 9.78 Å². The molecule has 0 atom stereocenters. The van der Waals surface area contributed by atoms with Gasteiger partial charge in [0.15, 0.2) is 6.61 Å². The monoisotopic (exact) mass is 387 g/mol. The summed E-state index contributed by atoms with van der Waals surface area (Å²) in [5.41, 5.74) is 3.68. The minimum atomic E-state index is -0.200. The molecule has 3 aromatic rings. The summed E-state index contributed by atoms with van der Waals surface area (Å²) in [6.45, 7) is 4.13. The van der Waals surface area contributed by atoms with Crippen LogP contribution in [0.15, 0.2) is 42.0 Å². The maximum absolute atomic E-state index is 12.0. The molecule has 1 N–H and O–H groups in total. The van der Waals surface area contributed by atoms with Crippen molar-refractivity contribution in [1.82, 2.24) is 15.3 Å². The number of ether oxygens (including phenoxy) is 1. The number of aromatic nitrogens is 2. The molecule has 2 heterocycles. The molecule has 0 aliphatic heterocycles. The highest BCUT2D eigenvalue weighted by atomic mass is 35.5. The van der Waals surface area contributed by atoms with E-state index < -0.39 is 0 Å². The van der Waals surface area contributed by atoms with E-state index in [1.807, 2.05) is 43.5 Å². The van der Waals surface area contributed by atoms with E-state index in [2.05, 4.69) is 15.3 Å². The molecule has 5 nitrogen and oxygen atoms in total. The fourth-order valence-electron chi connectivity index (χ4n) is 2.39. The highest BCUT2D eigenvalue weighted by molar-refractivity contribution is 7.13. The summed E-state index contributed by atoms with van der Waals surface area (Å²) in [5, 5.41) is 6.37. The smallest absolute Gasteiger partial charge is 0.258 e. The Morgan fingerprint density at radius 3 is 2.62 bits per heavy atom. The van der Waals surface area contributed by atoms with Gasteiger partial charge in [-0.15, -0.1) is 11.3 Å². The Kier molecular flexibility index (Phi) is 5.85. The third-order valence-electron chi connectivity index (χ3n) is 3.73. The number of pyridine rings is 1. The van der Waals surface area contributed by atoms with Crippen molar-refractivity contribution in [3.8, 4) is 16.3 Å². The standard InChI is InChI=1S/C19H18ClN3O2S/c1-12-7-16(8-13(2)18(12)20)25-10-17(24)22-9-15-11-26-19(23-15)14-3-5-21-6-4-14/h3-8,11H,9-10H2,1-2H3,(H,22,24). The zero-order valence-corrected chi connectivity index (χ0v) is 16.0. The minimum Gasteiger partial charge on any atom is -0.484 e. The number of thiazole rings is 1. The summed E-state index contributed by atoms with van der Waals surface area (Å²) >= 11 is 7.67. The molecule has 0 fully saturated rings. The molecule has 0 aliphatic rings. The van der Waals surface area contributed by atoms with E-state index in [0.717, 1.165) is 32.4 Å². The van der Waals surface area contributed by atoms with Crippen molar-refractivity contribution in [3.63, 3.8) is 0 Å². The molecule has 0 unspecified atom stereocenters. The fourth-order valence-corrected chi connectivity index (χ4v) is 3.33. The summed E-state index contributed by atoms with van der Waals surface area (Å²) in [5.74, 6) is 0.432. The second-order valence-electron chi connectivity index (χ2n) is 5.82. The van der Waals surface area contributed by atoms with Gasteiger partial charge in [-0.2, -0.15) is 0 Å². The predicted octanol–water partition coefficient (Wildman–Crippen LogP) is 4.17. The van der Waals surface area contributed by atoms with Crippen LogP contribution in [0.25, 0.3) is 10.6 Å². The van der Waals surface area contributed by atoms with Crippen molar-refractivity contribution >= 4 is 28.8 Å². The largest absolute Gasteiger partial charge is 0.484 e. The number of carbonyl (C=O) groups is 1. The molecule has 2 aromatic heterocycles. The van der Waals surface area contributed by atoms with Gasteiger partial charge < -0.3 is 10.1 Å². The Morgan fingerprint density at radius 2 is 1.92 bits per heavy atom. The predicted molar refractivity (Wildman–Crippen MR) is 104 cm³/mol. The van der Waals surface area contributed by atoms with Crippen LogP contribution >= 0.6 is 22.9 Å². The van der Waals surface area contributed by atoms with E-state index >= 15 is 0 Å². The van der Waals surface area contributed by atoms with E-state index in [4.69, 9.17) is 16.3 Å². The Labute approximate surface area is 161 Å². The maximum atomic E-state index is 12.0. The van der Waals surface area contributed by atoms with Crippen LogP contribution in [0.3, 0.4) is 0 Å². The number of hydrogen-bond donors (Lipinski definition) is 1. The highest BCUT2D eigenvalue weighted by Crippen LogP contribution is 2.26. The van der Waals surface area contributed by atoms with E-state index in [-0.39, 0.29) is 12.5 Å². The van der Waals surface area contributed by atoms with Crippen molar-refractivity contribution in [3.05, 3.63) is 63.9 Å². The molecule has 1 aromatic carbocycles. The number of halogens is 1. The molecule has 0 bridgehead atoms. The molecule has 0 aliphatic carbocycles. The number of benzene rings is 1. The first-order valence-electron chi connectivity index (χ1n) is 8.04. The van der Waals surface area contributed by atoms with E-state index in [1.165, 1.54) is 11.3 Å². The molecule has 0 saturated carbocycles. The van der Waals surface area contributed by atoms with Crippen LogP contribution in [-0.4, -0.2) is 22.5 Å². The van der Waals surface area contributed by atoms with Crippen LogP contribution in [0, 0.1) is 13.8 Å². The summed E-state index contributed by atoms with van der Waals surface area (Å²) in [6, 6.07) is 7.46. The van der Waals surface area contributed by atoms with E-state index in [9.17, 15) is 4.79 Å². The first kappa shape index (κ1) is 18.4. The van der Waals surface area contributed by atoms with Gasteiger partial charge in [-0.1, -0.05) is 11.6 Å². The Bertz CT molecular complexity index is 889. The molecule has 3 rings (SSSR count). The van der Waals surface area contributed by atoms with Gasteiger partial charge in [-0.05, 0) is 49.2 Å². The molecular weight excluding hydrogens is 370 g/mol. The molecule has 1 amide bonds. The Hall–Kier alpha value is -2.44. The van der Waals surface area contributed by atoms with E-state index in [1.54, 1.807) is 12.4 Å². The fraction of sp³-hybridized carbons (Fsp3) is 0.211. The number of nitrogens with one attached hydrogen (secondary N) is 1. The third kappa shape index (κ3) is 4.59. The van der Waals surface area contributed by atoms with Crippen LogP contribution in [0.5, 0.6) is 5.75 Å². The summed E-state index contributed by atoms with van der Waals surface area (Å²) in [6.07, 6.45) is 3.46. The van der Waals surface area contributed by atoms with Crippen molar-refractivity contribution in [1.29, 1.82) is 0 Å². The summed E-state index contributed by atoms with van der Waals surface area (Å²) in [7, 11) is 0. The lowest BCUT2D eigenvalue weighted by Gasteiger charge is -2.10. The molecular formula is C19H18ClN3O2S. The van der Waals surface area contributed by atoms with Crippen LogP contribution in [0.2, 0.25) is 5.02 Å². The average molecular weight is 388 g/mol. The number of aryl methyl sites for hydroxylation is 2. The number of amides is 1. The first-order chi connectivity index (χ1) is 12.5. The van der Waals surface area contributed by atoms with Crippen molar-refractivity contribution in [2.24, 2.45) is 0 Å². The van der Waals surface area contributed by atoms with Gasteiger partial charge in [0.1, 0.15) is 10.8 Å². The van der Waals surface area contributed by atoms with Crippen LogP contribution in [0.4, 0.5) is 0 Å². The highest BCUT2D eigenvalue weighted by Gasteiger charge is 2.08. The SMILES string of the molecule is Cc1cc(OCC(=O)NCc2csc(-c3ccncc3)n2)cc(C)c1Cl. The zero-order valence-electron chi connectivity index (χ0n) is 14.5. The van der Waals surface area contributed by atoms with Crippen LogP contribution in [0.1, 0.15) is 16.8 Å². The van der Waals surface area contributed by atoms with Gasteiger partial charge in [-0.25, -0.2) is 4.98 Å². The lowest BCUT2D eigenvalue weighted by atomic mass is 10.1.